The standard InChI is InChI=1S/C15H10ClN3O3S/c16-9-7-10(19(21)22)14-12(13(9)17)15(20)18-11(23-14)6-8-4-2-1-3-5-8/h1-5,7H,6,17H2. The first kappa shape index (κ1) is 15.4. The van der Waals surface area contributed by atoms with Crippen molar-refractivity contribution >= 4 is 44.4 Å². The number of nitrogens with zero attached hydrogens (tertiary/aromatic N) is 2. The number of hydrogen-bond donors (Lipinski definition) is 1. The average Bonchev–Trinajstić information content (AvgIpc) is 2.51. The molecule has 0 unspecified atom stereocenters. The zero-order valence-electron chi connectivity index (χ0n) is 11.7. The average molecular weight is 348 g/mol. The van der Waals surface area contributed by atoms with Gasteiger partial charge in [0.15, 0.2) is 0 Å². The van der Waals surface area contributed by atoms with E-state index in [9.17, 15) is 14.9 Å². The molecule has 116 valence electrons. The van der Waals surface area contributed by atoms with Gasteiger partial charge in [0.25, 0.3) is 11.2 Å². The van der Waals surface area contributed by atoms with Crippen LogP contribution in [0.2, 0.25) is 5.02 Å². The van der Waals surface area contributed by atoms with E-state index in [1.807, 2.05) is 30.3 Å². The Hall–Kier alpha value is -2.51. The molecular weight excluding hydrogens is 338 g/mol. The van der Waals surface area contributed by atoms with Crippen molar-refractivity contribution in [1.82, 2.24) is 4.98 Å². The molecule has 1 heterocycles. The van der Waals surface area contributed by atoms with Crippen molar-refractivity contribution in [2.45, 2.75) is 6.42 Å². The van der Waals surface area contributed by atoms with E-state index in [0.717, 1.165) is 16.9 Å². The molecule has 0 radical (unpaired) electrons. The molecule has 6 nitrogen and oxygen atoms in total. The second-order valence-corrected chi connectivity index (χ2v) is 6.32. The van der Waals surface area contributed by atoms with E-state index in [2.05, 4.69) is 4.98 Å². The van der Waals surface area contributed by atoms with Crippen molar-refractivity contribution in [2.24, 2.45) is 0 Å². The highest BCUT2D eigenvalue weighted by atomic mass is 35.5. The van der Waals surface area contributed by atoms with Gasteiger partial charge in [0.1, 0.15) is 9.71 Å². The lowest BCUT2D eigenvalue weighted by Gasteiger charge is -2.06. The Morgan fingerprint density at radius 2 is 2.00 bits per heavy atom. The second-order valence-electron chi connectivity index (χ2n) is 4.83. The van der Waals surface area contributed by atoms with Crippen LogP contribution in [0.1, 0.15) is 10.6 Å². The van der Waals surface area contributed by atoms with Crippen LogP contribution in [-0.2, 0) is 6.42 Å². The maximum Gasteiger partial charge on any atom is 0.289 e. The zero-order chi connectivity index (χ0) is 16.6. The Labute approximate surface area is 139 Å². The molecule has 0 aliphatic heterocycles. The number of halogens is 1. The summed E-state index contributed by atoms with van der Waals surface area (Å²) in [5, 5.41) is 11.7. The number of nitrogen functional groups attached to an aromatic ring is 1. The smallest absolute Gasteiger partial charge is 0.289 e. The minimum absolute atomic E-state index is 0.00557. The van der Waals surface area contributed by atoms with Crippen molar-refractivity contribution in [1.29, 1.82) is 0 Å². The highest BCUT2D eigenvalue weighted by molar-refractivity contribution is 7.18. The summed E-state index contributed by atoms with van der Waals surface area (Å²) in [5.41, 5.74) is 5.94. The van der Waals surface area contributed by atoms with Gasteiger partial charge in [-0.1, -0.05) is 41.9 Å². The minimum atomic E-state index is -0.604. The lowest BCUT2D eigenvalue weighted by atomic mass is 10.2. The molecule has 2 aromatic carbocycles. The Kier molecular flexibility index (Phi) is 3.97. The monoisotopic (exact) mass is 347 g/mol. The minimum Gasteiger partial charge on any atom is -0.397 e. The number of nitro benzene ring substituents is 1. The van der Waals surface area contributed by atoms with E-state index in [-0.39, 0.29) is 26.5 Å². The fourth-order valence-electron chi connectivity index (χ4n) is 2.24. The Bertz CT molecular complexity index is 973. The summed E-state index contributed by atoms with van der Waals surface area (Å²) in [6, 6.07) is 10.6. The first-order chi connectivity index (χ1) is 11.0. The Balaban J connectivity index is 2.25. The van der Waals surface area contributed by atoms with Gasteiger partial charge < -0.3 is 5.73 Å². The van der Waals surface area contributed by atoms with Crippen molar-refractivity contribution < 1.29 is 4.92 Å². The number of nitrogens with two attached hydrogens (primary N) is 1. The molecule has 0 aliphatic carbocycles. The molecule has 0 bridgehead atoms. The Morgan fingerprint density at radius 3 is 2.65 bits per heavy atom. The fraction of sp³-hybridized carbons (Fsp3) is 0.0667. The van der Waals surface area contributed by atoms with Gasteiger partial charge in [-0.25, -0.2) is 4.98 Å². The molecule has 8 heteroatoms. The number of hydrogen-bond acceptors (Lipinski definition) is 6. The first-order valence-electron chi connectivity index (χ1n) is 6.57. The fourth-order valence-corrected chi connectivity index (χ4v) is 3.58. The summed E-state index contributed by atoms with van der Waals surface area (Å²) in [6.45, 7) is 0. The van der Waals surface area contributed by atoms with Crippen molar-refractivity contribution in [3.05, 3.63) is 72.5 Å². The third kappa shape index (κ3) is 2.88. The molecule has 3 aromatic rings. The number of anilines is 1. The third-order valence-electron chi connectivity index (χ3n) is 3.30. The summed E-state index contributed by atoms with van der Waals surface area (Å²) in [5.74, 6) is 0. The predicted octanol–water partition coefficient (Wildman–Crippen LogP) is 3.39. The summed E-state index contributed by atoms with van der Waals surface area (Å²) in [6.07, 6.45) is 0.413. The van der Waals surface area contributed by atoms with Crippen molar-refractivity contribution in [2.75, 3.05) is 5.73 Å². The van der Waals surface area contributed by atoms with Gasteiger partial charge in [0, 0.05) is 12.5 Å². The molecule has 0 fully saturated rings. The first-order valence-corrected chi connectivity index (χ1v) is 7.77. The quantitative estimate of drug-likeness (QED) is 0.444. The van der Waals surface area contributed by atoms with Gasteiger partial charge in [-0.05, 0) is 5.56 Å². The lowest BCUT2D eigenvalue weighted by molar-refractivity contribution is -0.382. The van der Waals surface area contributed by atoms with Gasteiger partial charge in [-0.3, -0.25) is 14.9 Å². The molecule has 23 heavy (non-hydrogen) atoms. The van der Waals surface area contributed by atoms with Gasteiger partial charge in [-0.15, -0.1) is 11.3 Å². The molecular formula is C15H10ClN3O3S. The molecule has 0 saturated carbocycles. The van der Waals surface area contributed by atoms with E-state index in [1.165, 1.54) is 6.07 Å². The molecule has 0 aliphatic rings. The van der Waals surface area contributed by atoms with Crippen LogP contribution in [0, 0.1) is 10.1 Å². The SMILES string of the molecule is Nc1c(Cl)cc([N+](=O)[O-])c2sc(Cc3ccccc3)nc(=O)c12. The van der Waals surface area contributed by atoms with Crippen LogP contribution >= 0.6 is 22.9 Å². The summed E-state index contributed by atoms with van der Waals surface area (Å²) in [7, 11) is 0. The molecule has 0 atom stereocenters. The van der Waals surface area contributed by atoms with Crippen LogP contribution in [0.5, 0.6) is 0 Å². The number of aromatic nitrogens is 1. The van der Waals surface area contributed by atoms with E-state index < -0.39 is 10.5 Å². The molecule has 3 rings (SSSR count). The maximum atomic E-state index is 12.3. The molecule has 0 amide bonds. The van der Waals surface area contributed by atoms with Crippen LogP contribution < -0.4 is 11.3 Å². The van der Waals surface area contributed by atoms with Crippen LogP contribution in [0.15, 0.2) is 41.2 Å². The third-order valence-corrected chi connectivity index (χ3v) is 4.71. The van der Waals surface area contributed by atoms with E-state index in [1.54, 1.807) is 0 Å². The van der Waals surface area contributed by atoms with E-state index in [4.69, 9.17) is 17.3 Å². The number of nitro groups is 1. The predicted molar refractivity (Wildman–Crippen MR) is 91.2 cm³/mol. The lowest BCUT2D eigenvalue weighted by Crippen LogP contribution is -2.11. The molecule has 2 N–H and O–H groups in total. The van der Waals surface area contributed by atoms with E-state index >= 15 is 0 Å². The second kappa shape index (κ2) is 5.94. The van der Waals surface area contributed by atoms with Gasteiger partial charge in [0.05, 0.1) is 21.0 Å². The Morgan fingerprint density at radius 1 is 1.30 bits per heavy atom. The normalized spacial score (nSPS) is 10.8. The van der Waals surface area contributed by atoms with E-state index in [0.29, 0.717) is 11.4 Å². The van der Waals surface area contributed by atoms with Crippen LogP contribution in [-0.4, -0.2) is 9.91 Å². The highest BCUT2D eigenvalue weighted by Gasteiger charge is 2.21. The van der Waals surface area contributed by atoms with Crippen LogP contribution in [0.4, 0.5) is 11.4 Å². The highest BCUT2D eigenvalue weighted by Crippen LogP contribution is 2.36. The van der Waals surface area contributed by atoms with Gasteiger partial charge in [-0.2, -0.15) is 0 Å². The largest absolute Gasteiger partial charge is 0.397 e. The van der Waals surface area contributed by atoms with Gasteiger partial charge >= 0.3 is 0 Å². The van der Waals surface area contributed by atoms with Gasteiger partial charge in [0.2, 0.25) is 0 Å². The summed E-state index contributed by atoms with van der Waals surface area (Å²) < 4.78 is 0.197. The zero-order valence-corrected chi connectivity index (χ0v) is 13.2. The summed E-state index contributed by atoms with van der Waals surface area (Å²) >= 11 is 6.97. The van der Waals surface area contributed by atoms with Crippen molar-refractivity contribution in [3.8, 4) is 0 Å². The molecule has 0 saturated heterocycles. The molecule has 0 spiro atoms. The van der Waals surface area contributed by atoms with Crippen LogP contribution in [0.3, 0.4) is 0 Å². The number of non-ortho nitro benzene ring substituents is 1. The number of fused-ring (bicyclic) bond motifs is 1. The number of benzene rings is 2. The molecule has 1 aromatic heterocycles. The topological polar surface area (TPSA) is 99.1 Å². The number of rotatable bonds is 3. The maximum absolute atomic E-state index is 12.3. The van der Waals surface area contributed by atoms with Crippen molar-refractivity contribution in [3.63, 3.8) is 0 Å². The summed E-state index contributed by atoms with van der Waals surface area (Å²) in [4.78, 5) is 26.9. The van der Waals surface area contributed by atoms with Crippen LogP contribution in [0.25, 0.3) is 10.1 Å².